The van der Waals surface area contributed by atoms with Gasteiger partial charge in [-0.2, -0.15) is 0 Å². The fourth-order valence-corrected chi connectivity index (χ4v) is 3.24. The zero-order valence-corrected chi connectivity index (χ0v) is 16.1. The smallest absolute Gasteiger partial charge is 0.158 e. The van der Waals surface area contributed by atoms with Crippen molar-refractivity contribution in [2.75, 3.05) is 7.11 Å². The minimum atomic E-state index is 0.207. The lowest BCUT2D eigenvalue weighted by atomic mass is 10.1. The molecule has 0 radical (unpaired) electrons. The summed E-state index contributed by atoms with van der Waals surface area (Å²) in [6.07, 6.45) is 5.55. The van der Waals surface area contributed by atoms with Crippen molar-refractivity contribution < 1.29 is 14.3 Å². The van der Waals surface area contributed by atoms with Crippen molar-refractivity contribution in [3.05, 3.63) is 63.1 Å². The number of hydrogen-bond acceptors (Lipinski definition) is 3. The van der Waals surface area contributed by atoms with Crippen LogP contribution in [0, 0.1) is 5.92 Å². The summed E-state index contributed by atoms with van der Waals surface area (Å²) in [6.45, 7) is 0.349. The molecule has 0 unspecified atom stereocenters. The number of rotatable bonds is 7. The third kappa shape index (κ3) is 4.86. The molecule has 0 atom stereocenters. The summed E-state index contributed by atoms with van der Waals surface area (Å²) in [7, 11) is 1.63. The summed E-state index contributed by atoms with van der Waals surface area (Å²) >= 11 is 9.39. The van der Waals surface area contributed by atoms with Crippen LogP contribution < -0.4 is 9.47 Å². The molecule has 1 saturated carbocycles. The van der Waals surface area contributed by atoms with Crippen LogP contribution in [0.3, 0.4) is 0 Å². The minimum Gasteiger partial charge on any atom is -0.496 e. The fourth-order valence-electron chi connectivity index (χ4n) is 2.45. The SMILES string of the molecule is COc1ccc(/C=C/C(=O)C2CC2)cc1COc1ccc(Cl)cc1Br. The van der Waals surface area contributed by atoms with E-state index in [-0.39, 0.29) is 11.7 Å². The van der Waals surface area contributed by atoms with Crippen LogP contribution in [0.5, 0.6) is 11.5 Å². The molecular weight excluding hydrogens is 404 g/mol. The van der Waals surface area contributed by atoms with Crippen molar-refractivity contribution in [2.24, 2.45) is 5.92 Å². The maximum Gasteiger partial charge on any atom is 0.158 e. The first-order chi connectivity index (χ1) is 12.1. The Balaban J connectivity index is 1.74. The van der Waals surface area contributed by atoms with E-state index in [0.29, 0.717) is 17.4 Å². The lowest BCUT2D eigenvalue weighted by molar-refractivity contribution is -0.115. The molecule has 2 aromatic rings. The molecule has 1 aliphatic rings. The van der Waals surface area contributed by atoms with Crippen molar-refractivity contribution in [2.45, 2.75) is 19.4 Å². The third-order valence-corrected chi connectivity index (χ3v) is 4.86. The molecule has 0 aromatic heterocycles. The Labute approximate surface area is 160 Å². The Morgan fingerprint density at radius 2 is 2.00 bits per heavy atom. The third-order valence-electron chi connectivity index (χ3n) is 4.00. The minimum absolute atomic E-state index is 0.207. The number of ether oxygens (including phenoxy) is 2. The van der Waals surface area contributed by atoms with E-state index in [1.165, 1.54) is 0 Å². The quantitative estimate of drug-likeness (QED) is 0.539. The molecule has 0 N–H and O–H groups in total. The molecule has 0 amide bonds. The standard InChI is InChI=1S/C20H18BrClO3/c1-24-19-8-3-13(2-7-18(23)14-4-5-14)10-15(19)12-25-20-9-6-16(22)11-17(20)21/h2-3,6-11,14H,4-5,12H2,1H3/b7-2+. The molecule has 0 heterocycles. The molecule has 0 saturated heterocycles. The average Bonchev–Trinajstić information content (AvgIpc) is 3.44. The van der Waals surface area contributed by atoms with E-state index in [1.807, 2.05) is 30.3 Å². The summed E-state index contributed by atoms with van der Waals surface area (Å²) in [4.78, 5) is 11.8. The first kappa shape index (κ1) is 18.0. The first-order valence-electron chi connectivity index (χ1n) is 8.03. The van der Waals surface area contributed by atoms with Crippen LogP contribution in [0.4, 0.5) is 0 Å². The van der Waals surface area contributed by atoms with Crippen molar-refractivity contribution in [3.63, 3.8) is 0 Å². The Morgan fingerprint density at radius 1 is 1.24 bits per heavy atom. The van der Waals surface area contributed by atoms with Crippen LogP contribution >= 0.6 is 27.5 Å². The van der Waals surface area contributed by atoms with Crippen LogP contribution in [0.25, 0.3) is 6.08 Å². The van der Waals surface area contributed by atoms with Crippen LogP contribution in [0.15, 0.2) is 46.9 Å². The van der Waals surface area contributed by atoms with Gasteiger partial charge in [0.25, 0.3) is 0 Å². The molecule has 3 rings (SSSR count). The zero-order valence-electron chi connectivity index (χ0n) is 13.8. The second kappa shape index (κ2) is 8.07. The highest BCUT2D eigenvalue weighted by Gasteiger charge is 2.27. The molecular formula is C20H18BrClO3. The number of carbonyl (C=O) groups is 1. The average molecular weight is 422 g/mol. The van der Waals surface area contributed by atoms with Crippen molar-refractivity contribution in [3.8, 4) is 11.5 Å². The number of hydrogen-bond donors (Lipinski definition) is 0. The van der Waals surface area contributed by atoms with Crippen LogP contribution in [-0.2, 0) is 11.4 Å². The number of methoxy groups -OCH3 is 1. The van der Waals surface area contributed by atoms with E-state index in [2.05, 4.69) is 15.9 Å². The second-order valence-electron chi connectivity index (χ2n) is 5.94. The topological polar surface area (TPSA) is 35.5 Å². The molecule has 5 heteroatoms. The first-order valence-corrected chi connectivity index (χ1v) is 9.20. The highest BCUT2D eigenvalue weighted by atomic mass is 79.9. The molecule has 25 heavy (non-hydrogen) atoms. The highest BCUT2D eigenvalue weighted by molar-refractivity contribution is 9.10. The molecule has 1 fully saturated rings. The van der Waals surface area contributed by atoms with Gasteiger partial charge >= 0.3 is 0 Å². The van der Waals surface area contributed by atoms with Gasteiger partial charge in [0.1, 0.15) is 18.1 Å². The number of allylic oxidation sites excluding steroid dienone is 1. The number of halogens is 2. The van der Waals surface area contributed by atoms with Crippen molar-refractivity contribution in [1.82, 2.24) is 0 Å². The summed E-state index contributed by atoms with van der Waals surface area (Å²) in [5.74, 6) is 1.89. The van der Waals surface area contributed by atoms with E-state index < -0.39 is 0 Å². The molecule has 0 aliphatic heterocycles. The Bertz CT molecular complexity index is 813. The van der Waals surface area contributed by atoms with Crippen LogP contribution in [-0.4, -0.2) is 12.9 Å². The molecule has 1 aliphatic carbocycles. The Morgan fingerprint density at radius 3 is 2.68 bits per heavy atom. The zero-order chi connectivity index (χ0) is 17.8. The summed E-state index contributed by atoms with van der Waals surface area (Å²) in [6, 6.07) is 11.2. The Hall–Kier alpha value is -1.78. The van der Waals surface area contributed by atoms with Gasteiger partial charge in [-0.3, -0.25) is 4.79 Å². The van der Waals surface area contributed by atoms with Gasteiger partial charge in [-0.25, -0.2) is 0 Å². The molecule has 0 spiro atoms. The molecule has 0 bridgehead atoms. The van der Waals surface area contributed by atoms with Gasteiger partial charge in [-0.05, 0) is 70.7 Å². The number of carbonyl (C=O) groups excluding carboxylic acids is 1. The van der Waals surface area contributed by atoms with Crippen molar-refractivity contribution in [1.29, 1.82) is 0 Å². The van der Waals surface area contributed by atoms with E-state index in [1.54, 1.807) is 25.3 Å². The van der Waals surface area contributed by atoms with E-state index in [4.69, 9.17) is 21.1 Å². The van der Waals surface area contributed by atoms with Crippen LogP contribution in [0.1, 0.15) is 24.0 Å². The monoisotopic (exact) mass is 420 g/mol. The highest BCUT2D eigenvalue weighted by Crippen LogP contribution is 2.31. The van der Waals surface area contributed by atoms with E-state index >= 15 is 0 Å². The van der Waals surface area contributed by atoms with E-state index in [9.17, 15) is 4.79 Å². The lowest BCUT2D eigenvalue weighted by Crippen LogP contribution is -2.00. The lowest BCUT2D eigenvalue weighted by Gasteiger charge is -2.12. The number of ketones is 1. The number of benzene rings is 2. The predicted molar refractivity (Wildman–Crippen MR) is 103 cm³/mol. The summed E-state index contributed by atoms with van der Waals surface area (Å²) in [5, 5.41) is 0.643. The van der Waals surface area contributed by atoms with Gasteiger partial charge in [0, 0.05) is 16.5 Å². The molecule has 130 valence electrons. The fraction of sp³-hybridized carbons (Fsp3) is 0.250. The van der Waals surface area contributed by atoms with Gasteiger partial charge in [-0.15, -0.1) is 0 Å². The van der Waals surface area contributed by atoms with Gasteiger partial charge in [0.05, 0.1) is 11.6 Å². The van der Waals surface area contributed by atoms with Crippen LogP contribution in [0.2, 0.25) is 5.02 Å². The maximum absolute atomic E-state index is 11.8. The van der Waals surface area contributed by atoms with Gasteiger partial charge in [0.2, 0.25) is 0 Å². The van der Waals surface area contributed by atoms with Gasteiger partial charge in [0.15, 0.2) is 5.78 Å². The van der Waals surface area contributed by atoms with Gasteiger partial charge < -0.3 is 9.47 Å². The second-order valence-corrected chi connectivity index (χ2v) is 7.24. The van der Waals surface area contributed by atoms with Crippen molar-refractivity contribution >= 4 is 39.4 Å². The maximum atomic E-state index is 11.8. The summed E-state index contributed by atoms with van der Waals surface area (Å²) < 4.78 is 12.1. The van der Waals surface area contributed by atoms with E-state index in [0.717, 1.165) is 34.2 Å². The van der Waals surface area contributed by atoms with Gasteiger partial charge in [-0.1, -0.05) is 23.7 Å². The predicted octanol–water partition coefficient (Wildman–Crippen LogP) is 5.68. The molecule has 2 aromatic carbocycles. The molecule has 3 nitrogen and oxygen atoms in total. The Kier molecular flexibility index (Phi) is 5.82. The summed E-state index contributed by atoms with van der Waals surface area (Å²) in [5.41, 5.74) is 1.86. The normalized spacial score (nSPS) is 13.9. The largest absolute Gasteiger partial charge is 0.496 e.